The molecule has 1 aliphatic heterocycles. The molecule has 0 saturated carbocycles. The molecule has 3 rings (SSSR count). The Morgan fingerprint density at radius 2 is 1.97 bits per heavy atom. The Kier molecular flexibility index (Phi) is 7.94. The second kappa shape index (κ2) is 10.9. The second-order valence-corrected chi connectivity index (χ2v) is 7.42. The average Bonchev–Trinajstić information content (AvgIpc) is 3.27. The summed E-state index contributed by atoms with van der Waals surface area (Å²) in [7, 11) is 3.11. The highest BCUT2D eigenvalue weighted by Crippen LogP contribution is 2.34. The Morgan fingerprint density at radius 3 is 2.66 bits per heavy atom. The van der Waals surface area contributed by atoms with E-state index in [1.54, 1.807) is 32.2 Å². The Bertz CT molecular complexity index is 995. The summed E-state index contributed by atoms with van der Waals surface area (Å²) in [5.74, 6) is -0.280. The van der Waals surface area contributed by atoms with Crippen LogP contribution in [0.4, 0.5) is 4.39 Å². The summed E-state index contributed by atoms with van der Waals surface area (Å²) in [4.78, 5) is 27.0. The third-order valence-electron chi connectivity index (χ3n) is 5.38. The highest BCUT2D eigenvalue weighted by atomic mass is 19.1. The number of halogens is 1. The molecule has 1 atom stereocenters. The van der Waals surface area contributed by atoms with Gasteiger partial charge in [-0.15, -0.1) is 0 Å². The fourth-order valence-electron chi connectivity index (χ4n) is 3.66. The van der Waals surface area contributed by atoms with Crippen molar-refractivity contribution in [2.24, 2.45) is 5.10 Å². The summed E-state index contributed by atoms with van der Waals surface area (Å²) >= 11 is 0. The lowest BCUT2D eigenvalue weighted by Gasteiger charge is -2.27. The maximum atomic E-state index is 14.6. The van der Waals surface area contributed by atoms with E-state index < -0.39 is 11.9 Å². The van der Waals surface area contributed by atoms with Crippen molar-refractivity contribution in [2.45, 2.75) is 25.8 Å². The van der Waals surface area contributed by atoms with Crippen molar-refractivity contribution in [2.75, 3.05) is 33.9 Å². The van der Waals surface area contributed by atoms with Crippen LogP contribution in [-0.4, -0.2) is 61.4 Å². The number of amides is 2. The summed E-state index contributed by atoms with van der Waals surface area (Å²) < 4.78 is 25.0. The first-order chi connectivity index (χ1) is 15.5. The van der Waals surface area contributed by atoms with E-state index in [1.807, 2.05) is 24.3 Å². The van der Waals surface area contributed by atoms with Gasteiger partial charge < -0.3 is 14.4 Å². The fraction of sp³-hybridized carbons (Fsp3) is 0.375. The molecule has 0 bridgehead atoms. The molecule has 170 valence electrons. The van der Waals surface area contributed by atoms with Crippen LogP contribution in [0.2, 0.25) is 0 Å². The molecule has 2 aromatic rings. The molecule has 0 radical (unpaired) electrons. The third-order valence-corrected chi connectivity index (χ3v) is 5.38. The first-order valence-corrected chi connectivity index (χ1v) is 10.5. The number of hydrazone groups is 1. The van der Waals surface area contributed by atoms with Crippen LogP contribution in [0.25, 0.3) is 0 Å². The molecule has 2 aromatic carbocycles. The van der Waals surface area contributed by atoms with Crippen molar-refractivity contribution in [1.82, 2.24) is 9.91 Å². The zero-order chi connectivity index (χ0) is 23.1. The average molecular weight is 442 g/mol. The molecule has 1 heterocycles. The van der Waals surface area contributed by atoms with Crippen LogP contribution in [0.1, 0.15) is 36.9 Å². The maximum absolute atomic E-state index is 14.6. The minimum Gasteiger partial charge on any atom is -0.497 e. The van der Waals surface area contributed by atoms with Gasteiger partial charge in [0, 0.05) is 37.6 Å². The standard InChI is InChI=1S/C24H28FN3O4/c1-4-23(29)27(12-13-31-2)16-24(30)28-22(19-10-5-6-11-20(19)25)15-21(26-28)17-8-7-9-18(14-17)32-3/h5-11,14,22H,4,12-13,15-16H2,1-3H3. The van der Waals surface area contributed by atoms with Crippen molar-refractivity contribution in [3.05, 3.63) is 65.5 Å². The minimum absolute atomic E-state index is 0.157. The van der Waals surface area contributed by atoms with Gasteiger partial charge in [-0.2, -0.15) is 5.10 Å². The van der Waals surface area contributed by atoms with Crippen molar-refractivity contribution in [3.63, 3.8) is 0 Å². The smallest absolute Gasteiger partial charge is 0.262 e. The highest BCUT2D eigenvalue weighted by molar-refractivity contribution is 6.03. The number of benzene rings is 2. The number of nitrogens with zero attached hydrogens (tertiary/aromatic N) is 3. The molecule has 7 nitrogen and oxygen atoms in total. The van der Waals surface area contributed by atoms with Gasteiger partial charge in [0.1, 0.15) is 18.1 Å². The Hall–Kier alpha value is -3.26. The molecule has 0 fully saturated rings. The molecule has 1 unspecified atom stereocenters. The Morgan fingerprint density at radius 1 is 1.19 bits per heavy atom. The zero-order valence-corrected chi connectivity index (χ0v) is 18.6. The first kappa shape index (κ1) is 23.4. The van der Waals surface area contributed by atoms with Gasteiger partial charge in [-0.1, -0.05) is 37.3 Å². The third kappa shape index (κ3) is 5.31. The van der Waals surface area contributed by atoms with Gasteiger partial charge >= 0.3 is 0 Å². The van der Waals surface area contributed by atoms with E-state index in [1.165, 1.54) is 23.1 Å². The molecule has 0 aromatic heterocycles. The van der Waals surface area contributed by atoms with E-state index in [2.05, 4.69) is 5.10 Å². The van der Waals surface area contributed by atoms with E-state index >= 15 is 0 Å². The van der Waals surface area contributed by atoms with Crippen LogP contribution < -0.4 is 4.74 Å². The lowest BCUT2D eigenvalue weighted by atomic mass is 9.98. The van der Waals surface area contributed by atoms with E-state index in [0.29, 0.717) is 36.6 Å². The van der Waals surface area contributed by atoms with Gasteiger partial charge in [0.25, 0.3) is 5.91 Å². The second-order valence-electron chi connectivity index (χ2n) is 7.42. The SMILES string of the molecule is CCC(=O)N(CCOC)CC(=O)N1N=C(c2cccc(OC)c2)CC1c1ccccc1F. The molecule has 1 aliphatic rings. The molecule has 2 amide bonds. The number of ether oxygens (including phenoxy) is 2. The van der Waals surface area contributed by atoms with Crippen LogP contribution in [0, 0.1) is 5.82 Å². The molecule has 0 saturated heterocycles. The first-order valence-electron chi connectivity index (χ1n) is 10.5. The van der Waals surface area contributed by atoms with Gasteiger partial charge in [-0.3, -0.25) is 9.59 Å². The van der Waals surface area contributed by atoms with Crippen LogP contribution in [0.15, 0.2) is 53.6 Å². The van der Waals surface area contributed by atoms with Crippen LogP contribution >= 0.6 is 0 Å². The number of hydrogen-bond acceptors (Lipinski definition) is 5. The van der Waals surface area contributed by atoms with Crippen molar-refractivity contribution in [1.29, 1.82) is 0 Å². The summed E-state index contributed by atoms with van der Waals surface area (Å²) in [5.41, 5.74) is 1.82. The lowest BCUT2D eigenvalue weighted by molar-refractivity contribution is -0.142. The Balaban J connectivity index is 1.93. The quantitative estimate of drug-likeness (QED) is 0.598. The predicted octanol–water partition coefficient (Wildman–Crippen LogP) is 3.40. The fourth-order valence-corrected chi connectivity index (χ4v) is 3.66. The number of carbonyl (C=O) groups is 2. The zero-order valence-electron chi connectivity index (χ0n) is 18.6. The lowest BCUT2D eigenvalue weighted by Crippen LogP contribution is -2.42. The maximum Gasteiger partial charge on any atom is 0.262 e. The number of hydrogen-bond donors (Lipinski definition) is 0. The van der Waals surface area contributed by atoms with Gasteiger partial charge in [0.2, 0.25) is 5.91 Å². The molecule has 0 N–H and O–H groups in total. The van der Waals surface area contributed by atoms with Gasteiger partial charge in [0.15, 0.2) is 0 Å². The summed E-state index contributed by atoms with van der Waals surface area (Å²) in [6, 6.07) is 13.1. The molecule has 0 aliphatic carbocycles. The van der Waals surface area contributed by atoms with Crippen LogP contribution in [0.3, 0.4) is 0 Å². The predicted molar refractivity (Wildman–Crippen MR) is 119 cm³/mol. The van der Waals surface area contributed by atoms with Crippen molar-refractivity contribution >= 4 is 17.5 Å². The van der Waals surface area contributed by atoms with E-state index in [0.717, 1.165) is 5.56 Å². The molecule has 32 heavy (non-hydrogen) atoms. The molecular weight excluding hydrogens is 413 g/mol. The topological polar surface area (TPSA) is 71.4 Å². The minimum atomic E-state index is -0.606. The monoisotopic (exact) mass is 441 g/mol. The van der Waals surface area contributed by atoms with Crippen LogP contribution in [-0.2, 0) is 14.3 Å². The summed E-state index contributed by atoms with van der Waals surface area (Å²) in [5, 5.41) is 5.86. The largest absolute Gasteiger partial charge is 0.497 e. The Labute approximate surface area is 187 Å². The van der Waals surface area contributed by atoms with Crippen molar-refractivity contribution in [3.8, 4) is 5.75 Å². The van der Waals surface area contributed by atoms with E-state index in [-0.39, 0.29) is 24.8 Å². The molecule has 0 spiro atoms. The molecular formula is C24H28FN3O4. The van der Waals surface area contributed by atoms with Gasteiger partial charge in [-0.25, -0.2) is 9.40 Å². The summed E-state index contributed by atoms with van der Waals surface area (Å²) in [6.45, 7) is 2.19. The number of carbonyl (C=O) groups excluding carboxylic acids is 2. The van der Waals surface area contributed by atoms with Crippen molar-refractivity contribution < 1.29 is 23.5 Å². The van der Waals surface area contributed by atoms with E-state index in [9.17, 15) is 14.0 Å². The normalized spacial score (nSPS) is 15.4. The van der Waals surface area contributed by atoms with Crippen LogP contribution in [0.5, 0.6) is 5.75 Å². The summed E-state index contributed by atoms with van der Waals surface area (Å²) in [6.07, 6.45) is 0.617. The van der Waals surface area contributed by atoms with Gasteiger partial charge in [-0.05, 0) is 18.2 Å². The number of rotatable bonds is 9. The number of methoxy groups -OCH3 is 2. The molecule has 8 heteroatoms. The highest BCUT2D eigenvalue weighted by Gasteiger charge is 2.35. The van der Waals surface area contributed by atoms with Gasteiger partial charge in [0.05, 0.1) is 25.5 Å². The van der Waals surface area contributed by atoms with E-state index in [4.69, 9.17) is 9.47 Å².